The van der Waals surface area contributed by atoms with Crippen LogP contribution >= 0.6 is 11.8 Å². The van der Waals surface area contributed by atoms with Crippen LogP contribution < -0.4 is 0 Å². The van der Waals surface area contributed by atoms with Gasteiger partial charge < -0.3 is 14.6 Å². The lowest BCUT2D eigenvalue weighted by atomic mass is 10.1. The summed E-state index contributed by atoms with van der Waals surface area (Å²) in [5, 5.41) is 12.8. The Hall–Kier alpha value is -0.950. The van der Waals surface area contributed by atoms with Crippen LogP contribution in [-0.4, -0.2) is 43.3 Å². The molecule has 0 aromatic heterocycles. The highest BCUT2D eigenvalue weighted by molar-refractivity contribution is 8.06. The minimum Gasteiger partial charge on any atom is -0.382 e. The van der Waals surface area contributed by atoms with E-state index in [1.165, 1.54) is 18.1 Å². The zero-order valence-electron chi connectivity index (χ0n) is 12.7. The Kier molecular flexibility index (Phi) is 5.75. The summed E-state index contributed by atoms with van der Waals surface area (Å²) in [5.41, 5.74) is 1.90. The molecule has 0 spiro atoms. The van der Waals surface area contributed by atoms with Gasteiger partial charge >= 0.3 is 0 Å². The fraction of sp³-hybridized carbons (Fsp3) is 0.600. The van der Waals surface area contributed by atoms with Crippen LogP contribution in [0.4, 0.5) is 0 Å². The number of hydrogen-bond acceptors (Lipinski definition) is 6. The molecular formula is C15H22N2O3S. The maximum Gasteiger partial charge on any atom is 0.197 e. The van der Waals surface area contributed by atoms with Crippen LogP contribution in [0.3, 0.4) is 0 Å². The van der Waals surface area contributed by atoms with E-state index in [4.69, 9.17) is 9.47 Å². The predicted octanol–water partition coefficient (Wildman–Crippen LogP) is 2.87. The van der Waals surface area contributed by atoms with Gasteiger partial charge in [0.25, 0.3) is 0 Å². The van der Waals surface area contributed by atoms with Crippen molar-refractivity contribution in [1.82, 2.24) is 0 Å². The Morgan fingerprint density at radius 3 is 3.05 bits per heavy atom. The van der Waals surface area contributed by atoms with Crippen molar-refractivity contribution in [3.8, 4) is 0 Å². The molecule has 0 amide bonds. The number of hydrogen-bond donors (Lipinski definition) is 1. The van der Waals surface area contributed by atoms with Crippen LogP contribution in [0.25, 0.3) is 0 Å². The average Bonchev–Trinajstić information content (AvgIpc) is 2.60. The van der Waals surface area contributed by atoms with Gasteiger partial charge in [0, 0.05) is 19.7 Å². The number of thioether (sulfide) groups is 1. The van der Waals surface area contributed by atoms with Crippen LogP contribution in [0.15, 0.2) is 31.6 Å². The summed E-state index contributed by atoms with van der Waals surface area (Å²) in [4.78, 5) is 9.12. The molecule has 2 rings (SSSR count). The van der Waals surface area contributed by atoms with Gasteiger partial charge in [0.1, 0.15) is 6.34 Å². The smallest absolute Gasteiger partial charge is 0.197 e. The summed E-state index contributed by atoms with van der Waals surface area (Å²) in [6.45, 7) is 4.21. The molecule has 2 unspecified atom stereocenters. The molecule has 0 saturated heterocycles. The Morgan fingerprint density at radius 1 is 1.52 bits per heavy atom. The highest BCUT2D eigenvalue weighted by Crippen LogP contribution is 2.41. The average molecular weight is 310 g/mol. The number of methoxy groups -OCH3 is 1. The first-order chi connectivity index (χ1) is 10.1. The van der Waals surface area contributed by atoms with Crippen molar-refractivity contribution in [3.05, 3.63) is 21.6 Å². The van der Waals surface area contributed by atoms with E-state index < -0.39 is 5.79 Å². The molecule has 0 aromatic carbocycles. The molecule has 0 aromatic rings. The van der Waals surface area contributed by atoms with E-state index in [0.29, 0.717) is 13.0 Å². The molecule has 5 nitrogen and oxygen atoms in total. The number of aliphatic imine (C=N–C) groups is 2. The van der Waals surface area contributed by atoms with Crippen LogP contribution in [0.1, 0.15) is 33.1 Å². The van der Waals surface area contributed by atoms with Crippen LogP contribution in [-0.2, 0) is 9.47 Å². The van der Waals surface area contributed by atoms with Crippen molar-refractivity contribution in [2.24, 2.45) is 9.98 Å². The minimum absolute atomic E-state index is 0.139. The van der Waals surface area contributed by atoms with E-state index in [1.807, 2.05) is 5.41 Å². The molecule has 0 radical (unpaired) electrons. The molecule has 1 N–H and O–H groups in total. The van der Waals surface area contributed by atoms with Gasteiger partial charge in [-0.3, -0.25) is 0 Å². The lowest BCUT2D eigenvalue weighted by molar-refractivity contribution is -0.198. The normalized spacial score (nSPS) is 21.8. The molecule has 2 heterocycles. The molecule has 0 fully saturated rings. The van der Waals surface area contributed by atoms with Gasteiger partial charge in [0.05, 0.1) is 23.3 Å². The Morgan fingerprint density at radius 2 is 2.33 bits per heavy atom. The van der Waals surface area contributed by atoms with Gasteiger partial charge in [-0.05, 0) is 24.3 Å². The van der Waals surface area contributed by atoms with E-state index in [-0.39, 0.29) is 6.10 Å². The van der Waals surface area contributed by atoms with E-state index in [9.17, 15) is 5.11 Å². The van der Waals surface area contributed by atoms with Crippen LogP contribution in [0.2, 0.25) is 0 Å². The summed E-state index contributed by atoms with van der Waals surface area (Å²) < 4.78 is 11.1. The van der Waals surface area contributed by atoms with E-state index in [0.717, 1.165) is 29.0 Å². The molecule has 21 heavy (non-hydrogen) atoms. The Labute approximate surface area is 129 Å². The van der Waals surface area contributed by atoms with Gasteiger partial charge in [-0.15, -0.1) is 0 Å². The molecule has 2 aliphatic rings. The fourth-order valence-electron chi connectivity index (χ4n) is 2.37. The summed E-state index contributed by atoms with van der Waals surface area (Å²) in [7, 11) is 1.64. The van der Waals surface area contributed by atoms with Gasteiger partial charge in [0.2, 0.25) is 0 Å². The van der Waals surface area contributed by atoms with Crippen molar-refractivity contribution < 1.29 is 14.6 Å². The maximum absolute atomic E-state index is 10.8. The molecule has 116 valence electrons. The maximum atomic E-state index is 10.8. The fourth-order valence-corrected chi connectivity index (χ4v) is 3.31. The lowest BCUT2D eigenvalue weighted by Crippen LogP contribution is -2.37. The van der Waals surface area contributed by atoms with Gasteiger partial charge in [-0.25, -0.2) is 9.98 Å². The molecule has 2 bridgehead atoms. The predicted molar refractivity (Wildman–Crippen MR) is 86.6 cm³/mol. The van der Waals surface area contributed by atoms with Crippen molar-refractivity contribution in [1.29, 1.82) is 0 Å². The van der Waals surface area contributed by atoms with Gasteiger partial charge in [-0.1, -0.05) is 25.1 Å². The second-order valence-corrected chi connectivity index (χ2v) is 6.13. The summed E-state index contributed by atoms with van der Waals surface area (Å²) in [5.74, 6) is -1.37. The highest BCUT2D eigenvalue weighted by Gasteiger charge is 2.34. The first-order valence-corrected chi connectivity index (χ1v) is 7.99. The first-order valence-electron chi connectivity index (χ1n) is 7.11. The quantitative estimate of drug-likeness (QED) is 0.734. The number of aliphatic hydroxyl groups is 1. The second-order valence-electron chi connectivity index (χ2n) is 5.25. The molecule has 6 heteroatoms. The SMILES string of the molecule is CCCC(COC)OC(C)(O)C1=C2CC(=CS1)C=NC=N2. The second kappa shape index (κ2) is 7.35. The van der Waals surface area contributed by atoms with Crippen molar-refractivity contribution in [2.75, 3.05) is 13.7 Å². The Balaban J connectivity index is 2.16. The van der Waals surface area contributed by atoms with Gasteiger partial charge in [0.15, 0.2) is 5.79 Å². The summed E-state index contributed by atoms with van der Waals surface area (Å²) >= 11 is 1.45. The van der Waals surface area contributed by atoms with E-state index >= 15 is 0 Å². The van der Waals surface area contributed by atoms with Crippen LogP contribution in [0, 0.1) is 0 Å². The molecular weight excluding hydrogens is 288 g/mol. The molecule has 2 atom stereocenters. The van der Waals surface area contributed by atoms with E-state index in [2.05, 4.69) is 16.9 Å². The zero-order valence-corrected chi connectivity index (χ0v) is 13.5. The molecule has 0 saturated carbocycles. The number of ether oxygens (including phenoxy) is 2. The number of allylic oxidation sites excluding steroid dienone is 1. The largest absolute Gasteiger partial charge is 0.382 e. The number of fused-ring (bicyclic) bond motifs is 2. The lowest BCUT2D eigenvalue weighted by Gasteiger charge is -2.32. The van der Waals surface area contributed by atoms with Crippen LogP contribution in [0.5, 0.6) is 0 Å². The number of rotatable bonds is 7. The monoisotopic (exact) mass is 310 g/mol. The van der Waals surface area contributed by atoms with E-state index in [1.54, 1.807) is 20.2 Å². The first kappa shape index (κ1) is 16.4. The van der Waals surface area contributed by atoms with Gasteiger partial charge in [-0.2, -0.15) is 0 Å². The molecule has 0 aliphatic carbocycles. The highest BCUT2D eigenvalue weighted by atomic mass is 32.2. The van der Waals surface area contributed by atoms with Crippen molar-refractivity contribution in [2.45, 2.75) is 45.0 Å². The summed E-state index contributed by atoms with van der Waals surface area (Å²) in [6, 6.07) is 0. The number of nitrogens with zero attached hydrogens (tertiary/aromatic N) is 2. The Bertz CT molecular complexity index is 489. The third kappa shape index (κ3) is 4.26. The molecule has 2 aliphatic heterocycles. The van der Waals surface area contributed by atoms with Crippen molar-refractivity contribution >= 4 is 24.3 Å². The minimum atomic E-state index is -1.37. The third-order valence-corrected chi connectivity index (χ3v) is 4.53. The standard InChI is InChI=1S/C15H22N2O3S/c1-4-5-12(8-19-3)20-15(2,18)14-13-6-11(9-21-14)7-16-10-17-13/h7,9-10,12,18H,4-6,8H2,1-3H3. The van der Waals surface area contributed by atoms with Crippen molar-refractivity contribution in [3.63, 3.8) is 0 Å². The summed E-state index contributed by atoms with van der Waals surface area (Å²) in [6.07, 6.45) is 5.64. The zero-order chi connectivity index (χ0) is 15.3. The topological polar surface area (TPSA) is 63.4 Å². The third-order valence-electron chi connectivity index (χ3n) is 3.26.